The molecule has 1 N–H and O–H groups in total. The van der Waals surface area contributed by atoms with Crippen LogP contribution in [0, 0.1) is 12.8 Å². The van der Waals surface area contributed by atoms with E-state index in [1.54, 1.807) is 0 Å². The van der Waals surface area contributed by atoms with Crippen LogP contribution in [-0.2, 0) is 6.42 Å². The minimum atomic E-state index is 0.347. The van der Waals surface area contributed by atoms with E-state index in [1.807, 2.05) is 0 Å². The van der Waals surface area contributed by atoms with Gasteiger partial charge in [-0.15, -0.1) is 0 Å². The Balaban J connectivity index is 1.44. The second kappa shape index (κ2) is 6.06. The molecule has 0 amide bonds. The molecule has 2 fully saturated rings. The van der Waals surface area contributed by atoms with Crippen LogP contribution in [0.4, 0.5) is 0 Å². The molecule has 0 aromatic heterocycles. The largest absolute Gasteiger partial charge is 0.454 e. The molecule has 25 heavy (non-hydrogen) atoms. The lowest BCUT2D eigenvalue weighted by atomic mass is 9.74. The van der Waals surface area contributed by atoms with Crippen molar-refractivity contribution in [2.24, 2.45) is 5.92 Å². The van der Waals surface area contributed by atoms with E-state index in [0.29, 0.717) is 30.7 Å². The van der Waals surface area contributed by atoms with Crippen molar-refractivity contribution in [1.29, 1.82) is 0 Å². The van der Waals surface area contributed by atoms with Gasteiger partial charge >= 0.3 is 0 Å². The highest BCUT2D eigenvalue weighted by Gasteiger charge is 2.41. The number of piperidine rings is 1. The van der Waals surface area contributed by atoms with Gasteiger partial charge in [-0.2, -0.15) is 0 Å². The fourth-order valence-corrected chi connectivity index (χ4v) is 4.96. The van der Waals surface area contributed by atoms with Gasteiger partial charge in [-0.05, 0) is 67.7 Å². The van der Waals surface area contributed by atoms with Crippen molar-refractivity contribution in [1.82, 2.24) is 5.32 Å². The lowest BCUT2D eigenvalue weighted by Crippen LogP contribution is -2.45. The van der Waals surface area contributed by atoms with Crippen LogP contribution < -0.4 is 14.8 Å². The lowest BCUT2D eigenvalue weighted by molar-refractivity contribution is 0.174. The van der Waals surface area contributed by atoms with Gasteiger partial charge in [-0.3, -0.25) is 0 Å². The monoisotopic (exact) mass is 335 g/mol. The number of hydrogen-bond donors (Lipinski definition) is 1. The Kier molecular flexibility index (Phi) is 3.70. The third-order valence-corrected chi connectivity index (χ3v) is 6.26. The molecule has 130 valence electrons. The lowest BCUT2D eigenvalue weighted by Gasteiger charge is -2.38. The molecule has 3 aliphatic rings. The minimum Gasteiger partial charge on any atom is -0.454 e. The maximum absolute atomic E-state index is 5.58. The molecule has 0 aliphatic carbocycles. The molecule has 2 saturated heterocycles. The zero-order valence-corrected chi connectivity index (χ0v) is 14.7. The molecule has 2 aromatic carbocycles. The standard InChI is InChI=1S/C22H25NO2/c1-14-2-5-16(6-3-14)18-12-17-7-8-20(23-17)19(18)10-15-4-9-21-22(11-15)25-13-24-21/h2-6,9,11,17-20,23H,7-8,10,12-13H2,1H3/t17-,18+,19-,20+/m0/s1. The second-order valence-electron chi connectivity index (χ2n) is 7.86. The quantitative estimate of drug-likeness (QED) is 0.912. The van der Waals surface area contributed by atoms with Crippen LogP contribution in [0.3, 0.4) is 0 Å². The van der Waals surface area contributed by atoms with E-state index in [9.17, 15) is 0 Å². The minimum absolute atomic E-state index is 0.347. The molecule has 3 heterocycles. The van der Waals surface area contributed by atoms with Gasteiger partial charge in [0, 0.05) is 12.1 Å². The van der Waals surface area contributed by atoms with E-state index < -0.39 is 0 Å². The number of hydrogen-bond acceptors (Lipinski definition) is 3. The summed E-state index contributed by atoms with van der Waals surface area (Å²) in [5.41, 5.74) is 4.21. The van der Waals surface area contributed by atoms with Crippen molar-refractivity contribution >= 4 is 0 Å². The molecule has 0 spiro atoms. The van der Waals surface area contributed by atoms with Gasteiger partial charge < -0.3 is 14.8 Å². The summed E-state index contributed by atoms with van der Waals surface area (Å²) < 4.78 is 11.0. The average Bonchev–Trinajstić information content (AvgIpc) is 3.25. The van der Waals surface area contributed by atoms with Crippen molar-refractivity contribution in [2.45, 2.75) is 50.6 Å². The highest BCUT2D eigenvalue weighted by atomic mass is 16.7. The van der Waals surface area contributed by atoms with E-state index >= 15 is 0 Å². The summed E-state index contributed by atoms with van der Waals surface area (Å²) in [7, 11) is 0. The summed E-state index contributed by atoms with van der Waals surface area (Å²) in [5.74, 6) is 3.06. The number of ether oxygens (including phenoxy) is 2. The Morgan fingerprint density at radius 2 is 1.84 bits per heavy atom. The summed E-state index contributed by atoms with van der Waals surface area (Å²) in [4.78, 5) is 0. The Bertz CT molecular complexity index is 770. The van der Waals surface area contributed by atoms with Crippen LogP contribution in [0.1, 0.15) is 41.9 Å². The Labute approximate surface area is 149 Å². The topological polar surface area (TPSA) is 30.5 Å². The molecule has 3 aliphatic heterocycles. The predicted octanol–water partition coefficient (Wildman–Crippen LogP) is 4.19. The van der Waals surface area contributed by atoms with Crippen LogP contribution in [0.15, 0.2) is 42.5 Å². The molecule has 0 radical (unpaired) electrons. The number of benzene rings is 2. The van der Waals surface area contributed by atoms with E-state index in [-0.39, 0.29) is 0 Å². The predicted molar refractivity (Wildman–Crippen MR) is 98.2 cm³/mol. The Morgan fingerprint density at radius 1 is 1.00 bits per heavy atom. The molecule has 2 bridgehead atoms. The molecule has 4 atom stereocenters. The van der Waals surface area contributed by atoms with Gasteiger partial charge in [-0.1, -0.05) is 35.9 Å². The molecular weight excluding hydrogens is 310 g/mol. The third-order valence-electron chi connectivity index (χ3n) is 6.26. The van der Waals surface area contributed by atoms with Gasteiger partial charge in [0.1, 0.15) is 0 Å². The van der Waals surface area contributed by atoms with Crippen molar-refractivity contribution in [3.8, 4) is 11.5 Å². The van der Waals surface area contributed by atoms with Crippen molar-refractivity contribution in [3.63, 3.8) is 0 Å². The fraction of sp³-hybridized carbons (Fsp3) is 0.455. The molecule has 2 aromatic rings. The van der Waals surface area contributed by atoms with E-state index in [4.69, 9.17) is 9.47 Å². The van der Waals surface area contributed by atoms with E-state index in [1.165, 1.54) is 36.0 Å². The molecule has 3 nitrogen and oxygen atoms in total. The van der Waals surface area contributed by atoms with Crippen LogP contribution in [0.5, 0.6) is 11.5 Å². The third kappa shape index (κ3) is 2.81. The van der Waals surface area contributed by atoms with Crippen LogP contribution >= 0.6 is 0 Å². The van der Waals surface area contributed by atoms with Crippen LogP contribution in [0.2, 0.25) is 0 Å². The summed E-state index contributed by atoms with van der Waals surface area (Å²) >= 11 is 0. The zero-order valence-electron chi connectivity index (χ0n) is 14.7. The van der Waals surface area contributed by atoms with Gasteiger partial charge in [0.2, 0.25) is 6.79 Å². The zero-order chi connectivity index (χ0) is 16.8. The summed E-state index contributed by atoms with van der Waals surface area (Å²) in [6, 6.07) is 17.0. The van der Waals surface area contributed by atoms with Gasteiger partial charge in [-0.25, -0.2) is 0 Å². The summed E-state index contributed by atoms with van der Waals surface area (Å²) in [5, 5.41) is 3.87. The first-order valence-corrected chi connectivity index (χ1v) is 9.47. The molecule has 0 unspecified atom stereocenters. The fourth-order valence-electron chi connectivity index (χ4n) is 4.96. The molecule has 0 saturated carbocycles. The maximum atomic E-state index is 5.58. The Hall–Kier alpha value is -2.00. The number of fused-ring (bicyclic) bond motifs is 3. The molecule has 3 heteroatoms. The molecular formula is C22H25NO2. The first-order valence-electron chi connectivity index (χ1n) is 9.47. The normalized spacial score (nSPS) is 29.8. The summed E-state index contributed by atoms with van der Waals surface area (Å²) in [6.07, 6.45) is 4.99. The Morgan fingerprint density at radius 3 is 2.72 bits per heavy atom. The maximum Gasteiger partial charge on any atom is 0.231 e. The first kappa shape index (κ1) is 15.3. The molecule has 5 rings (SSSR count). The van der Waals surface area contributed by atoms with Crippen molar-refractivity contribution in [2.75, 3.05) is 6.79 Å². The van der Waals surface area contributed by atoms with E-state index in [0.717, 1.165) is 17.9 Å². The average molecular weight is 335 g/mol. The number of nitrogens with one attached hydrogen (secondary N) is 1. The van der Waals surface area contributed by atoms with Crippen molar-refractivity contribution in [3.05, 3.63) is 59.2 Å². The van der Waals surface area contributed by atoms with Gasteiger partial charge in [0.15, 0.2) is 11.5 Å². The van der Waals surface area contributed by atoms with E-state index in [2.05, 4.69) is 54.7 Å². The van der Waals surface area contributed by atoms with Crippen LogP contribution in [-0.4, -0.2) is 18.9 Å². The van der Waals surface area contributed by atoms with Gasteiger partial charge in [0.05, 0.1) is 0 Å². The second-order valence-corrected chi connectivity index (χ2v) is 7.86. The SMILES string of the molecule is Cc1ccc([C@H]2C[C@@H]3CC[C@@H](N3)[C@H]2Cc2ccc3c(c2)OCO3)cc1. The van der Waals surface area contributed by atoms with Gasteiger partial charge in [0.25, 0.3) is 0 Å². The number of rotatable bonds is 3. The van der Waals surface area contributed by atoms with Crippen molar-refractivity contribution < 1.29 is 9.47 Å². The number of aryl methyl sites for hydroxylation is 1. The van der Waals surface area contributed by atoms with Crippen LogP contribution in [0.25, 0.3) is 0 Å². The highest BCUT2D eigenvalue weighted by Crippen LogP contribution is 2.44. The highest BCUT2D eigenvalue weighted by molar-refractivity contribution is 5.44. The smallest absolute Gasteiger partial charge is 0.231 e. The summed E-state index contributed by atoms with van der Waals surface area (Å²) in [6.45, 7) is 2.51. The first-order chi connectivity index (χ1) is 12.3.